The number of benzene rings is 2. The monoisotopic (exact) mass is 655 g/mol. The van der Waals surface area contributed by atoms with Gasteiger partial charge in [-0.05, 0) is 68.2 Å². The molecule has 2 aromatic carbocycles. The lowest BCUT2D eigenvalue weighted by molar-refractivity contribution is -0.155. The van der Waals surface area contributed by atoms with E-state index < -0.39 is 27.3 Å². The predicted molar refractivity (Wildman–Crippen MR) is 166 cm³/mol. The van der Waals surface area contributed by atoms with Crippen molar-refractivity contribution in [2.75, 3.05) is 51.7 Å². The van der Waals surface area contributed by atoms with Crippen molar-refractivity contribution in [3.63, 3.8) is 0 Å². The van der Waals surface area contributed by atoms with Crippen molar-refractivity contribution in [1.29, 1.82) is 0 Å². The number of hydrogen-bond donors (Lipinski definition) is 3. The van der Waals surface area contributed by atoms with E-state index in [9.17, 15) is 27.1 Å². The standard InChI is InChI=1S/C31H35F2N7O5S/c1-3-20-18-21(37-28-29-36-19-23(40(29)13-12-35-28)22-5-6-24(45-2)27(33)26(22)32)4-7-25(20)46(43,44)39-16-14-38(15-17-39)30(41)31(42)8-10-34-11-9-31/h4-7,12-13,18-19,34,42H,3,8-11,14-17H2,1-2H3,(H,35,37). The van der Waals surface area contributed by atoms with E-state index in [0.29, 0.717) is 60.8 Å². The van der Waals surface area contributed by atoms with Crippen molar-refractivity contribution in [2.45, 2.75) is 36.7 Å². The number of hydrogen-bond acceptors (Lipinski definition) is 9. The van der Waals surface area contributed by atoms with E-state index >= 15 is 0 Å². The van der Waals surface area contributed by atoms with Gasteiger partial charge >= 0.3 is 0 Å². The number of anilines is 2. The Bertz CT molecular complexity index is 1890. The molecule has 0 unspecified atom stereocenters. The number of ether oxygens (including phenoxy) is 1. The maximum Gasteiger partial charge on any atom is 0.254 e. The Kier molecular flexibility index (Phi) is 8.67. The number of nitrogens with zero attached hydrogens (tertiary/aromatic N) is 5. The molecule has 15 heteroatoms. The van der Waals surface area contributed by atoms with Crippen LogP contribution >= 0.6 is 0 Å². The molecule has 244 valence electrons. The summed E-state index contributed by atoms with van der Waals surface area (Å²) in [5.41, 5.74) is 0.392. The van der Waals surface area contributed by atoms with Crippen LogP contribution in [0.3, 0.4) is 0 Å². The van der Waals surface area contributed by atoms with Gasteiger partial charge in [0, 0.05) is 49.8 Å². The lowest BCUT2D eigenvalue weighted by Gasteiger charge is -2.40. The third-order valence-corrected chi connectivity index (χ3v) is 10.6. The molecule has 2 aliphatic rings. The first-order valence-corrected chi connectivity index (χ1v) is 16.5. The average Bonchev–Trinajstić information content (AvgIpc) is 3.51. The van der Waals surface area contributed by atoms with E-state index in [1.165, 1.54) is 35.9 Å². The van der Waals surface area contributed by atoms with Crippen LogP contribution in [0.25, 0.3) is 16.9 Å². The first-order chi connectivity index (χ1) is 22.1. The molecule has 0 aliphatic carbocycles. The first kappa shape index (κ1) is 31.8. The van der Waals surface area contributed by atoms with E-state index in [-0.39, 0.29) is 48.3 Å². The van der Waals surface area contributed by atoms with Gasteiger partial charge in [0.2, 0.25) is 15.8 Å². The highest BCUT2D eigenvalue weighted by Gasteiger charge is 2.42. The molecule has 0 radical (unpaired) electrons. The largest absolute Gasteiger partial charge is 0.494 e. The number of halogens is 2. The van der Waals surface area contributed by atoms with Crippen molar-refractivity contribution >= 4 is 33.1 Å². The van der Waals surface area contributed by atoms with Gasteiger partial charge in [-0.25, -0.2) is 22.8 Å². The number of aromatic nitrogens is 3. The van der Waals surface area contributed by atoms with Crippen LogP contribution in [0.2, 0.25) is 0 Å². The van der Waals surface area contributed by atoms with Crippen molar-refractivity contribution in [3.8, 4) is 17.0 Å². The second-order valence-electron chi connectivity index (χ2n) is 11.3. The number of aliphatic hydroxyl groups is 1. The lowest BCUT2D eigenvalue weighted by atomic mass is 9.90. The lowest BCUT2D eigenvalue weighted by Crippen LogP contribution is -2.59. The van der Waals surface area contributed by atoms with Crippen LogP contribution in [-0.4, -0.2) is 95.0 Å². The number of piperidine rings is 1. The second kappa shape index (κ2) is 12.5. The van der Waals surface area contributed by atoms with Gasteiger partial charge in [0.1, 0.15) is 5.60 Å². The van der Waals surface area contributed by atoms with Crippen molar-refractivity contribution in [1.82, 2.24) is 28.9 Å². The Morgan fingerprint density at radius 1 is 1.09 bits per heavy atom. The van der Waals surface area contributed by atoms with Crippen LogP contribution < -0.4 is 15.4 Å². The molecule has 2 saturated heterocycles. The van der Waals surface area contributed by atoms with Crippen LogP contribution in [0.15, 0.2) is 53.8 Å². The summed E-state index contributed by atoms with van der Waals surface area (Å²) in [5.74, 6) is -2.39. The van der Waals surface area contributed by atoms with Gasteiger partial charge < -0.3 is 25.4 Å². The minimum atomic E-state index is -3.87. The number of amides is 1. The zero-order valence-electron chi connectivity index (χ0n) is 25.5. The number of fused-ring (bicyclic) bond motifs is 1. The van der Waals surface area contributed by atoms with E-state index in [2.05, 4.69) is 20.6 Å². The Hall–Kier alpha value is -4.18. The zero-order valence-corrected chi connectivity index (χ0v) is 26.3. The summed E-state index contributed by atoms with van der Waals surface area (Å²) in [7, 11) is -2.61. The second-order valence-corrected chi connectivity index (χ2v) is 13.2. The molecule has 0 bridgehead atoms. The summed E-state index contributed by atoms with van der Waals surface area (Å²) in [4.78, 5) is 23.5. The maximum atomic E-state index is 14.9. The summed E-state index contributed by atoms with van der Waals surface area (Å²) in [5, 5.41) is 17.1. The quantitative estimate of drug-likeness (QED) is 0.261. The molecule has 6 rings (SSSR count). The Balaban J connectivity index is 1.20. The summed E-state index contributed by atoms with van der Waals surface area (Å²) < 4.78 is 64.6. The van der Waals surface area contributed by atoms with E-state index in [0.717, 1.165) is 0 Å². The van der Waals surface area contributed by atoms with Crippen molar-refractivity contribution in [3.05, 3.63) is 66.1 Å². The summed E-state index contributed by atoms with van der Waals surface area (Å²) >= 11 is 0. The fraction of sp³-hybridized carbons (Fsp3) is 0.387. The number of nitrogens with one attached hydrogen (secondary N) is 2. The fourth-order valence-electron chi connectivity index (χ4n) is 6.03. The van der Waals surface area contributed by atoms with Crippen LogP contribution in [-0.2, 0) is 21.2 Å². The summed E-state index contributed by atoms with van der Waals surface area (Å²) in [6, 6.07) is 7.65. The molecule has 2 aliphatic heterocycles. The van der Waals surface area contributed by atoms with Crippen molar-refractivity contribution in [2.24, 2.45) is 0 Å². The van der Waals surface area contributed by atoms with Crippen LogP contribution in [0.5, 0.6) is 5.75 Å². The molecule has 2 fully saturated rings. The number of sulfonamides is 1. The highest BCUT2D eigenvalue weighted by molar-refractivity contribution is 7.89. The predicted octanol–water partition coefficient (Wildman–Crippen LogP) is 2.94. The molecule has 1 amide bonds. The molecule has 0 atom stereocenters. The molecular weight excluding hydrogens is 620 g/mol. The molecule has 4 aromatic rings. The smallest absolute Gasteiger partial charge is 0.254 e. The average molecular weight is 656 g/mol. The number of carbonyl (C=O) groups excluding carboxylic acids is 1. The Labute approximate surface area is 265 Å². The van der Waals surface area contributed by atoms with Gasteiger partial charge in [0.25, 0.3) is 5.91 Å². The molecule has 4 heterocycles. The van der Waals surface area contributed by atoms with Gasteiger partial charge in [-0.3, -0.25) is 9.20 Å². The molecule has 0 spiro atoms. The SMILES string of the molecule is CCc1cc(Nc2nccn3c(-c4ccc(OC)c(F)c4F)cnc23)ccc1S(=O)(=O)N1CCN(C(=O)C2(O)CCNCC2)CC1. The number of aryl methyl sites for hydroxylation is 1. The molecule has 2 aromatic heterocycles. The third kappa shape index (κ3) is 5.68. The minimum Gasteiger partial charge on any atom is -0.494 e. The van der Waals surface area contributed by atoms with Gasteiger partial charge in [-0.15, -0.1) is 0 Å². The maximum absolute atomic E-state index is 14.9. The number of piperazine rings is 1. The van der Waals surface area contributed by atoms with Gasteiger partial charge in [0.15, 0.2) is 23.0 Å². The Morgan fingerprint density at radius 3 is 2.52 bits per heavy atom. The van der Waals surface area contributed by atoms with Crippen LogP contribution in [0.1, 0.15) is 25.3 Å². The first-order valence-electron chi connectivity index (χ1n) is 15.0. The normalized spacial score (nSPS) is 17.3. The van der Waals surface area contributed by atoms with Gasteiger partial charge in [-0.1, -0.05) is 6.92 Å². The number of carbonyl (C=O) groups is 1. The van der Waals surface area contributed by atoms with E-state index in [1.807, 2.05) is 6.92 Å². The highest BCUT2D eigenvalue weighted by Crippen LogP contribution is 2.32. The number of methoxy groups -OCH3 is 1. The van der Waals surface area contributed by atoms with Gasteiger partial charge in [0.05, 0.1) is 23.9 Å². The number of rotatable bonds is 8. The molecule has 3 N–H and O–H groups in total. The summed E-state index contributed by atoms with van der Waals surface area (Å²) in [6.45, 7) is 3.61. The Morgan fingerprint density at radius 2 is 1.83 bits per heavy atom. The number of imidazole rings is 1. The minimum absolute atomic E-state index is 0.00173. The van der Waals surface area contributed by atoms with Gasteiger partial charge in [-0.2, -0.15) is 8.70 Å². The topological polar surface area (TPSA) is 141 Å². The fourth-order valence-corrected chi connectivity index (χ4v) is 7.73. The zero-order chi connectivity index (χ0) is 32.6. The highest BCUT2D eigenvalue weighted by atomic mass is 32.2. The van der Waals surface area contributed by atoms with Crippen LogP contribution in [0.4, 0.5) is 20.3 Å². The van der Waals surface area contributed by atoms with E-state index in [4.69, 9.17) is 4.74 Å². The molecule has 12 nitrogen and oxygen atoms in total. The third-order valence-electron chi connectivity index (χ3n) is 8.65. The molecule has 46 heavy (non-hydrogen) atoms. The van der Waals surface area contributed by atoms with Crippen molar-refractivity contribution < 1.29 is 31.8 Å². The molecular formula is C31H35F2N7O5S. The van der Waals surface area contributed by atoms with Crippen LogP contribution in [0, 0.1) is 11.6 Å². The summed E-state index contributed by atoms with van der Waals surface area (Å²) in [6.07, 6.45) is 5.58. The molecule has 0 saturated carbocycles. The van der Waals surface area contributed by atoms with E-state index in [1.54, 1.807) is 33.7 Å².